The van der Waals surface area contributed by atoms with E-state index in [1.807, 2.05) is 48.5 Å². The molecule has 0 aliphatic carbocycles. The van der Waals surface area contributed by atoms with Gasteiger partial charge in [-0.25, -0.2) is 24.5 Å². The van der Waals surface area contributed by atoms with Crippen molar-refractivity contribution in [3.8, 4) is 84.7 Å². The Morgan fingerprint density at radius 3 is 1.47 bits per heavy atom. The second-order valence-corrected chi connectivity index (χ2v) is 18.5. The molecular formula is C68H38N8. The summed E-state index contributed by atoms with van der Waals surface area (Å²) in [5.41, 5.74) is 17.1. The van der Waals surface area contributed by atoms with Gasteiger partial charge in [0.05, 0.1) is 70.6 Å². The predicted molar refractivity (Wildman–Crippen MR) is 307 cm³/mol. The topological polar surface area (TPSA) is 72.5 Å². The first-order valence-corrected chi connectivity index (χ1v) is 24.6. The predicted octanol–water partition coefficient (Wildman–Crippen LogP) is 18.2. The molecule has 350 valence electrons. The van der Waals surface area contributed by atoms with Gasteiger partial charge in [0.1, 0.15) is 0 Å². The molecule has 3 aromatic heterocycles. The maximum absolute atomic E-state index is 10.3. The molecular weight excluding hydrogens is 929 g/mol. The van der Waals surface area contributed by atoms with Gasteiger partial charge in [-0.3, -0.25) is 0 Å². The van der Waals surface area contributed by atoms with Crippen molar-refractivity contribution in [3.63, 3.8) is 0 Å². The van der Waals surface area contributed by atoms with E-state index in [-0.39, 0.29) is 0 Å². The standard InChI is InChI=1S/C68H38N8/c1-70-48-31-33-50(47(37-48)42-69)45-29-35-65-56(38-45)53-22-11-14-26-62(53)76(65)66-28-16-24-55(68-73-58(43-17-6-4-7-18-43)41-59(74-68)44-19-8-5-9-20-44)67(66)54-23-12-15-27-63(54)75-61-25-13-10-21-52(61)57-39-46(30-36-64(57)75)51-34-32-49(71-2)40-60(51)72-3/h4-41H. The van der Waals surface area contributed by atoms with E-state index in [2.05, 4.69) is 187 Å². The molecule has 0 radical (unpaired) electrons. The maximum Gasteiger partial charge on any atom is 0.188 e. The number of aromatic nitrogens is 4. The minimum absolute atomic E-state index is 0.421. The number of hydrogen-bond donors (Lipinski definition) is 0. The van der Waals surface area contributed by atoms with Crippen molar-refractivity contribution < 1.29 is 0 Å². The van der Waals surface area contributed by atoms with Crippen molar-refractivity contribution in [3.05, 3.63) is 270 Å². The summed E-state index contributed by atoms with van der Waals surface area (Å²) in [5, 5.41) is 14.4. The van der Waals surface area contributed by atoms with E-state index in [4.69, 9.17) is 29.7 Å². The average molecular weight is 967 g/mol. The molecule has 13 rings (SSSR count). The number of rotatable bonds is 8. The zero-order valence-corrected chi connectivity index (χ0v) is 40.5. The number of nitriles is 1. The Bertz CT molecular complexity index is 4630. The van der Waals surface area contributed by atoms with Gasteiger partial charge in [-0.05, 0) is 82.9 Å². The highest BCUT2D eigenvalue weighted by atomic mass is 15.0. The third-order valence-electron chi connectivity index (χ3n) is 14.3. The molecule has 13 aromatic rings. The van der Waals surface area contributed by atoms with Crippen LogP contribution >= 0.6 is 0 Å². The third kappa shape index (κ3) is 7.43. The monoisotopic (exact) mass is 966 g/mol. The molecule has 0 saturated carbocycles. The van der Waals surface area contributed by atoms with Crippen LogP contribution in [0.3, 0.4) is 0 Å². The lowest BCUT2D eigenvalue weighted by atomic mass is 9.94. The highest BCUT2D eigenvalue weighted by molar-refractivity contribution is 6.13. The minimum atomic E-state index is 0.421. The van der Waals surface area contributed by atoms with Crippen LogP contribution in [0, 0.1) is 31.0 Å². The van der Waals surface area contributed by atoms with E-state index >= 15 is 0 Å². The summed E-state index contributed by atoms with van der Waals surface area (Å²) in [4.78, 5) is 21.9. The first kappa shape index (κ1) is 44.8. The molecule has 10 aromatic carbocycles. The molecule has 8 nitrogen and oxygen atoms in total. The Balaban J connectivity index is 1.11. The molecule has 0 aliphatic rings. The first-order chi connectivity index (χ1) is 37.5. The molecule has 0 amide bonds. The number of para-hydroxylation sites is 3. The number of fused-ring (bicyclic) bond motifs is 6. The molecule has 76 heavy (non-hydrogen) atoms. The van der Waals surface area contributed by atoms with Crippen molar-refractivity contribution in [1.29, 1.82) is 5.26 Å². The van der Waals surface area contributed by atoms with Gasteiger partial charge in [0.15, 0.2) is 22.9 Å². The second kappa shape index (κ2) is 18.5. The molecule has 0 bridgehead atoms. The van der Waals surface area contributed by atoms with Gasteiger partial charge in [-0.2, -0.15) is 5.26 Å². The van der Waals surface area contributed by atoms with Crippen molar-refractivity contribution in [2.24, 2.45) is 0 Å². The lowest BCUT2D eigenvalue weighted by Crippen LogP contribution is -2.04. The van der Waals surface area contributed by atoms with E-state index in [1.165, 1.54) is 0 Å². The molecule has 0 spiro atoms. The summed E-state index contributed by atoms with van der Waals surface area (Å²) >= 11 is 0. The van der Waals surface area contributed by atoms with Gasteiger partial charge < -0.3 is 9.13 Å². The summed E-state index contributed by atoms with van der Waals surface area (Å²) in [5.74, 6) is 0.563. The molecule has 0 unspecified atom stereocenters. The fraction of sp³-hybridized carbons (Fsp3) is 0. The Kier molecular flexibility index (Phi) is 10.9. The number of benzene rings is 10. The normalized spacial score (nSPS) is 11.1. The summed E-state index contributed by atoms with van der Waals surface area (Å²) in [6.07, 6.45) is 0. The zero-order chi connectivity index (χ0) is 51.3. The molecule has 8 heteroatoms. The van der Waals surface area contributed by atoms with Crippen LogP contribution in [0.15, 0.2) is 231 Å². The SMILES string of the molecule is [C-]#[N+]c1ccc(-c2ccc3c(c2)c2ccccc2n3-c2cccc(-c3nc(-c4ccccc4)cc(-c4ccccc4)n3)c2-c2ccccc2-n2c3ccccc3c3cc(-c4ccc([N+]#[C-])cc4[N+]#[C-])ccc32)c(C#N)c1. The van der Waals surface area contributed by atoms with Crippen LogP contribution in [0.2, 0.25) is 0 Å². The van der Waals surface area contributed by atoms with Crippen LogP contribution in [0.1, 0.15) is 5.56 Å². The van der Waals surface area contributed by atoms with Crippen LogP contribution in [-0.2, 0) is 0 Å². The highest BCUT2D eigenvalue weighted by Gasteiger charge is 2.25. The van der Waals surface area contributed by atoms with Crippen molar-refractivity contribution in [2.45, 2.75) is 0 Å². The fourth-order valence-corrected chi connectivity index (χ4v) is 10.8. The van der Waals surface area contributed by atoms with Crippen molar-refractivity contribution in [2.75, 3.05) is 0 Å². The smallest absolute Gasteiger partial charge is 0.188 e. The van der Waals surface area contributed by atoms with Gasteiger partial charge in [-0.1, -0.05) is 170 Å². The highest BCUT2D eigenvalue weighted by Crippen LogP contribution is 2.46. The van der Waals surface area contributed by atoms with Gasteiger partial charge in [0.25, 0.3) is 0 Å². The Morgan fingerprint density at radius 2 is 0.868 bits per heavy atom. The molecule has 3 heterocycles. The van der Waals surface area contributed by atoms with Crippen molar-refractivity contribution >= 4 is 60.7 Å². The summed E-state index contributed by atoms with van der Waals surface area (Å²) in [6, 6.07) is 80.0. The van der Waals surface area contributed by atoms with Crippen molar-refractivity contribution in [1.82, 2.24) is 19.1 Å². The van der Waals surface area contributed by atoms with E-state index in [1.54, 1.807) is 24.3 Å². The molecule has 0 fully saturated rings. The summed E-state index contributed by atoms with van der Waals surface area (Å²) in [7, 11) is 0. The lowest BCUT2D eigenvalue weighted by molar-refractivity contribution is 1.15. The second-order valence-electron chi connectivity index (χ2n) is 18.5. The van der Waals surface area contributed by atoms with E-state index in [0.717, 1.165) is 116 Å². The quantitative estimate of drug-likeness (QED) is 0.142. The number of hydrogen-bond acceptors (Lipinski definition) is 3. The first-order valence-electron chi connectivity index (χ1n) is 24.6. The van der Waals surface area contributed by atoms with Crippen LogP contribution in [-0.4, -0.2) is 19.1 Å². The minimum Gasteiger partial charge on any atom is -0.309 e. The zero-order valence-electron chi connectivity index (χ0n) is 40.5. The van der Waals surface area contributed by atoms with Crippen LogP contribution in [0.25, 0.3) is 137 Å². The van der Waals surface area contributed by atoms with E-state index < -0.39 is 0 Å². The van der Waals surface area contributed by atoms with Gasteiger partial charge >= 0.3 is 0 Å². The van der Waals surface area contributed by atoms with Crippen LogP contribution < -0.4 is 0 Å². The molecule has 0 saturated heterocycles. The van der Waals surface area contributed by atoms with Crippen LogP contribution in [0.4, 0.5) is 17.1 Å². The fourth-order valence-electron chi connectivity index (χ4n) is 10.8. The molecule has 0 aliphatic heterocycles. The lowest BCUT2D eigenvalue weighted by Gasteiger charge is -2.21. The van der Waals surface area contributed by atoms with E-state index in [0.29, 0.717) is 28.5 Å². The maximum atomic E-state index is 10.3. The number of nitrogens with zero attached hydrogens (tertiary/aromatic N) is 8. The molecule has 0 N–H and O–H groups in total. The summed E-state index contributed by atoms with van der Waals surface area (Å²) in [6.45, 7) is 23.2. The summed E-state index contributed by atoms with van der Waals surface area (Å²) < 4.78 is 4.67. The molecule has 0 atom stereocenters. The van der Waals surface area contributed by atoms with E-state index in [9.17, 15) is 5.26 Å². The Morgan fingerprint density at radius 1 is 0.368 bits per heavy atom. The Hall–Kier alpha value is -11.2. The van der Waals surface area contributed by atoms with Gasteiger partial charge in [0, 0.05) is 54.9 Å². The van der Waals surface area contributed by atoms with Gasteiger partial charge in [0.2, 0.25) is 0 Å². The third-order valence-corrected chi connectivity index (χ3v) is 14.3. The largest absolute Gasteiger partial charge is 0.309 e. The Labute approximate surface area is 438 Å². The average Bonchev–Trinajstić information content (AvgIpc) is 4.11. The van der Waals surface area contributed by atoms with Crippen LogP contribution in [0.5, 0.6) is 0 Å². The van der Waals surface area contributed by atoms with Gasteiger partial charge in [-0.15, -0.1) is 0 Å².